The molecule has 72 valence electrons. The summed E-state index contributed by atoms with van der Waals surface area (Å²) in [6.07, 6.45) is 5.77. The van der Waals surface area contributed by atoms with Gasteiger partial charge < -0.3 is 4.74 Å². The van der Waals surface area contributed by atoms with E-state index in [0.717, 1.165) is 6.08 Å². The molecule has 0 fully saturated rings. The van der Waals surface area contributed by atoms with Gasteiger partial charge in [-0.25, -0.2) is 4.79 Å². The lowest BCUT2D eigenvalue weighted by Crippen LogP contribution is -2.39. The second-order valence-corrected chi connectivity index (χ2v) is 2.59. The van der Waals surface area contributed by atoms with Crippen molar-refractivity contribution >= 4 is 5.97 Å². The lowest BCUT2D eigenvalue weighted by atomic mass is 10.4. The zero-order valence-electron chi connectivity index (χ0n) is 7.80. The van der Waals surface area contributed by atoms with E-state index in [2.05, 4.69) is 13.2 Å². The van der Waals surface area contributed by atoms with Gasteiger partial charge in [0, 0.05) is 24.3 Å². The number of hydrogen-bond donors (Lipinski definition) is 0. The van der Waals surface area contributed by atoms with Crippen LogP contribution in [0, 0.1) is 0 Å². The molecule has 0 amide bonds. The summed E-state index contributed by atoms with van der Waals surface area (Å²) in [4.78, 5) is 11.0. The number of hydrogen-bond acceptors (Lipinski definition) is 2. The van der Waals surface area contributed by atoms with Crippen molar-refractivity contribution < 1.29 is 14.1 Å². The van der Waals surface area contributed by atoms with Gasteiger partial charge in [0.15, 0.2) is 12.4 Å². The second kappa shape index (κ2) is 4.97. The number of esters is 1. The SMILES string of the molecule is C=CC(=O)OC(C=C)[n+]1ccccc1. The van der Waals surface area contributed by atoms with Crippen molar-refractivity contribution in [3.8, 4) is 0 Å². The van der Waals surface area contributed by atoms with E-state index in [1.165, 1.54) is 0 Å². The van der Waals surface area contributed by atoms with Crippen molar-refractivity contribution in [2.45, 2.75) is 6.23 Å². The first kappa shape index (κ1) is 10.2. The van der Waals surface area contributed by atoms with Crippen LogP contribution < -0.4 is 4.57 Å². The Labute approximate surface area is 82.9 Å². The van der Waals surface area contributed by atoms with Crippen LogP contribution in [0.1, 0.15) is 6.23 Å². The molecule has 1 rings (SSSR count). The summed E-state index contributed by atoms with van der Waals surface area (Å²) in [5.41, 5.74) is 0. The molecule has 1 aromatic heterocycles. The van der Waals surface area contributed by atoms with Gasteiger partial charge in [-0.1, -0.05) is 19.2 Å². The predicted octanol–water partition coefficient (Wildman–Crippen LogP) is 1.39. The fourth-order valence-corrected chi connectivity index (χ4v) is 0.979. The normalized spacial score (nSPS) is 11.4. The number of ether oxygens (including phenoxy) is 1. The summed E-state index contributed by atoms with van der Waals surface area (Å²) >= 11 is 0. The zero-order chi connectivity index (χ0) is 10.4. The molecule has 3 nitrogen and oxygen atoms in total. The summed E-state index contributed by atoms with van der Waals surface area (Å²) in [5.74, 6) is -0.466. The standard InChI is InChI=1S/C11H12NO2/c1-3-10(14-11(13)4-2)12-8-6-5-7-9-12/h3-10H,1-2H2/q+1. The van der Waals surface area contributed by atoms with Crippen molar-refractivity contribution in [1.82, 2.24) is 0 Å². The molecule has 0 saturated carbocycles. The van der Waals surface area contributed by atoms with E-state index in [1.807, 2.05) is 18.2 Å². The predicted molar refractivity (Wildman–Crippen MR) is 52.2 cm³/mol. The molecule has 1 heterocycles. The summed E-state index contributed by atoms with van der Waals surface area (Å²) < 4.78 is 6.75. The first-order valence-electron chi connectivity index (χ1n) is 4.19. The van der Waals surface area contributed by atoms with Crippen LogP contribution in [0.3, 0.4) is 0 Å². The number of carbonyl (C=O) groups excluding carboxylic acids is 1. The Bertz CT molecular complexity index is 332. The highest BCUT2D eigenvalue weighted by atomic mass is 16.6. The van der Waals surface area contributed by atoms with Gasteiger partial charge in [0.05, 0.1) is 0 Å². The summed E-state index contributed by atoms with van der Waals surface area (Å²) in [7, 11) is 0. The molecular formula is C11H12NO2+. The molecule has 0 spiro atoms. The largest absolute Gasteiger partial charge is 0.396 e. The third-order valence-corrected chi connectivity index (χ3v) is 1.64. The summed E-state index contributed by atoms with van der Waals surface area (Å²) in [5, 5.41) is 0. The van der Waals surface area contributed by atoms with Gasteiger partial charge in [-0.3, -0.25) is 0 Å². The first-order valence-corrected chi connectivity index (χ1v) is 4.19. The first-order chi connectivity index (χ1) is 6.77. The van der Waals surface area contributed by atoms with E-state index in [1.54, 1.807) is 23.0 Å². The molecule has 0 saturated heterocycles. The monoisotopic (exact) mass is 190 g/mol. The van der Waals surface area contributed by atoms with Crippen LogP contribution in [0.15, 0.2) is 55.9 Å². The van der Waals surface area contributed by atoms with Crippen LogP contribution in [0.5, 0.6) is 0 Å². The molecule has 1 atom stereocenters. The molecule has 0 aliphatic rings. The van der Waals surface area contributed by atoms with Crippen LogP contribution in [0.2, 0.25) is 0 Å². The maximum Gasteiger partial charge on any atom is 0.335 e. The lowest BCUT2D eigenvalue weighted by Gasteiger charge is -2.06. The molecule has 1 unspecified atom stereocenters. The van der Waals surface area contributed by atoms with Crippen LogP contribution in [0.25, 0.3) is 0 Å². The molecule has 1 aromatic rings. The molecular weight excluding hydrogens is 178 g/mol. The van der Waals surface area contributed by atoms with E-state index in [0.29, 0.717) is 0 Å². The minimum Gasteiger partial charge on any atom is -0.396 e. The van der Waals surface area contributed by atoms with Crippen molar-refractivity contribution in [3.63, 3.8) is 0 Å². The Morgan fingerprint density at radius 1 is 1.29 bits per heavy atom. The Kier molecular flexibility index (Phi) is 3.61. The molecule has 0 aliphatic carbocycles. The van der Waals surface area contributed by atoms with Crippen molar-refractivity contribution in [3.05, 3.63) is 55.9 Å². The average molecular weight is 190 g/mol. The number of aromatic nitrogens is 1. The Balaban J connectivity index is 2.77. The summed E-state index contributed by atoms with van der Waals surface area (Å²) in [6.45, 7) is 6.92. The van der Waals surface area contributed by atoms with E-state index in [9.17, 15) is 4.79 Å². The van der Waals surface area contributed by atoms with Gasteiger partial charge in [-0.2, -0.15) is 4.57 Å². The second-order valence-electron chi connectivity index (χ2n) is 2.59. The molecule has 0 radical (unpaired) electrons. The van der Waals surface area contributed by atoms with Gasteiger partial charge in [0.2, 0.25) is 0 Å². The summed E-state index contributed by atoms with van der Waals surface area (Å²) in [6, 6.07) is 5.57. The third-order valence-electron chi connectivity index (χ3n) is 1.64. The van der Waals surface area contributed by atoms with Crippen LogP contribution in [-0.4, -0.2) is 5.97 Å². The van der Waals surface area contributed by atoms with E-state index < -0.39 is 12.2 Å². The van der Waals surface area contributed by atoms with Gasteiger partial charge in [0.25, 0.3) is 0 Å². The minimum atomic E-state index is -0.485. The molecule has 0 bridgehead atoms. The molecule has 0 aliphatic heterocycles. The zero-order valence-corrected chi connectivity index (χ0v) is 7.80. The molecule has 0 aromatic carbocycles. The van der Waals surface area contributed by atoms with E-state index in [-0.39, 0.29) is 0 Å². The highest BCUT2D eigenvalue weighted by Crippen LogP contribution is 2.00. The van der Waals surface area contributed by atoms with Gasteiger partial charge in [-0.15, -0.1) is 0 Å². The fourth-order valence-electron chi connectivity index (χ4n) is 0.979. The lowest BCUT2D eigenvalue weighted by molar-refractivity contribution is -0.744. The smallest absolute Gasteiger partial charge is 0.335 e. The quantitative estimate of drug-likeness (QED) is 0.311. The Morgan fingerprint density at radius 3 is 2.43 bits per heavy atom. The van der Waals surface area contributed by atoms with Gasteiger partial charge >= 0.3 is 12.2 Å². The third kappa shape index (κ3) is 2.55. The number of carbonyl (C=O) groups is 1. The maximum absolute atomic E-state index is 11.0. The van der Waals surface area contributed by atoms with Gasteiger partial charge in [0.1, 0.15) is 0 Å². The van der Waals surface area contributed by atoms with Crippen LogP contribution in [0.4, 0.5) is 0 Å². The topological polar surface area (TPSA) is 30.2 Å². The number of pyridine rings is 1. The van der Waals surface area contributed by atoms with Crippen LogP contribution in [-0.2, 0) is 9.53 Å². The number of rotatable bonds is 4. The Morgan fingerprint density at radius 2 is 1.93 bits per heavy atom. The maximum atomic E-state index is 11.0. The average Bonchev–Trinajstić information content (AvgIpc) is 2.26. The highest BCUT2D eigenvalue weighted by molar-refractivity contribution is 5.81. The van der Waals surface area contributed by atoms with E-state index >= 15 is 0 Å². The molecule has 3 heteroatoms. The highest BCUT2D eigenvalue weighted by Gasteiger charge is 2.16. The van der Waals surface area contributed by atoms with Crippen molar-refractivity contribution in [2.75, 3.05) is 0 Å². The fraction of sp³-hybridized carbons (Fsp3) is 0.0909. The molecule has 14 heavy (non-hydrogen) atoms. The van der Waals surface area contributed by atoms with E-state index in [4.69, 9.17) is 4.74 Å². The molecule has 0 N–H and O–H groups in total. The number of nitrogens with zero attached hydrogens (tertiary/aromatic N) is 1. The van der Waals surface area contributed by atoms with Crippen LogP contribution >= 0.6 is 0 Å². The Hall–Kier alpha value is -1.90. The van der Waals surface area contributed by atoms with Crippen molar-refractivity contribution in [1.29, 1.82) is 0 Å². The van der Waals surface area contributed by atoms with Crippen molar-refractivity contribution in [2.24, 2.45) is 0 Å². The minimum absolute atomic E-state index is 0.466. The van der Waals surface area contributed by atoms with Gasteiger partial charge in [-0.05, 0) is 0 Å².